The average Bonchev–Trinajstić information content (AvgIpc) is 2.27. The van der Waals surface area contributed by atoms with Crippen LogP contribution in [0.2, 0.25) is 0 Å². The number of hydrogen-bond donors (Lipinski definition) is 2. The molecule has 15 heavy (non-hydrogen) atoms. The lowest BCUT2D eigenvalue weighted by Crippen LogP contribution is -2.31. The summed E-state index contributed by atoms with van der Waals surface area (Å²) < 4.78 is 5.16. The molecule has 1 aromatic heterocycles. The second-order valence-corrected chi connectivity index (χ2v) is 3.13. The minimum absolute atomic E-state index is 0.345. The minimum Gasteiger partial charge on any atom is -0.496 e. The molecule has 0 radical (unpaired) electrons. The van der Waals surface area contributed by atoms with Crippen LogP contribution < -0.4 is 10.2 Å². The number of rotatable bonds is 2. The van der Waals surface area contributed by atoms with Gasteiger partial charge in [-0.1, -0.05) is 6.07 Å². The fourth-order valence-electron chi connectivity index (χ4n) is 1.57. The van der Waals surface area contributed by atoms with Crippen molar-refractivity contribution in [2.75, 3.05) is 7.11 Å². The highest BCUT2D eigenvalue weighted by Crippen LogP contribution is 2.21. The van der Waals surface area contributed by atoms with Crippen LogP contribution in [0.5, 0.6) is 5.75 Å². The molecule has 4 nitrogen and oxygen atoms in total. The minimum atomic E-state index is -1.54. The molecule has 1 aromatic carbocycles. The van der Waals surface area contributed by atoms with E-state index >= 15 is 0 Å². The van der Waals surface area contributed by atoms with E-state index in [0.29, 0.717) is 11.2 Å². The molecule has 0 unspecified atom stereocenters. The third-order valence-electron chi connectivity index (χ3n) is 2.25. The molecule has 0 spiro atoms. The van der Waals surface area contributed by atoms with Gasteiger partial charge in [-0.2, -0.15) is 0 Å². The predicted molar refractivity (Wildman–Crippen MR) is 58.1 cm³/mol. The Bertz CT molecular complexity index is 487. The van der Waals surface area contributed by atoms with Gasteiger partial charge >= 0.3 is 7.12 Å². The largest absolute Gasteiger partial charge is 0.496 e. The lowest BCUT2D eigenvalue weighted by Gasteiger charge is -2.10. The van der Waals surface area contributed by atoms with Crippen molar-refractivity contribution in [2.45, 2.75) is 0 Å². The van der Waals surface area contributed by atoms with E-state index in [-0.39, 0.29) is 0 Å². The summed E-state index contributed by atoms with van der Waals surface area (Å²) in [5, 5.41) is 19.1. The number of fused-ring (bicyclic) bond motifs is 1. The van der Waals surface area contributed by atoms with Gasteiger partial charge in [-0.3, -0.25) is 4.98 Å². The molecule has 2 aromatic rings. The Labute approximate surface area is 87.3 Å². The number of hydrogen-bond acceptors (Lipinski definition) is 4. The Morgan fingerprint density at radius 3 is 2.73 bits per heavy atom. The van der Waals surface area contributed by atoms with Crippen molar-refractivity contribution in [3.05, 3.63) is 30.5 Å². The van der Waals surface area contributed by atoms with Gasteiger partial charge in [-0.15, -0.1) is 0 Å². The van der Waals surface area contributed by atoms with Crippen LogP contribution in [0.3, 0.4) is 0 Å². The maximum atomic E-state index is 9.15. The smallest absolute Gasteiger partial charge is 0.492 e. The number of ether oxygens (including phenoxy) is 1. The van der Waals surface area contributed by atoms with E-state index in [1.807, 2.05) is 6.07 Å². The second kappa shape index (κ2) is 3.88. The van der Waals surface area contributed by atoms with Gasteiger partial charge in [-0.25, -0.2) is 0 Å². The number of methoxy groups -OCH3 is 1. The number of benzene rings is 1. The Morgan fingerprint density at radius 2 is 2.07 bits per heavy atom. The van der Waals surface area contributed by atoms with Crippen LogP contribution in [0.15, 0.2) is 30.5 Å². The first-order chi connectivity index (χ1) is 7.24. The van der Waals surface area contributed by atoms with Gasteiger partial charge in [0.15, 0.2) is 0 Å². The Kier molecular flexibility index (Phi) is 2.57. The Morgan fingerprint density at radius 1 is 1.27 bits per heavy atom. The first-order valence-electron chi connectivity index (χ1n) is 4.52. The summed E-state index contributed by atoms with van der Waals surface area (Å²) in [4.78, 5) is 4.15. The van der Waals surface area contributed by atoms with Gasteiger partial charge in [0.05, 0.1) is 12.6 Å². The summed E-state index contributed by atoms with van der Waals surface area (Å²) in [7, 11) is -0.0437. The van der Waals surface area contributed by atoms with Crippen LogP contribution in [-0.2, 0) is 0 Å². The first-order valence-corrected chi connectivity index (χ1v) is 4.52. The van der Waals surface area contributed by atoms with Gasteiger partial charge in [0.1, 0.15) is 5.75 Å². The first kappa shape index (κ1) is 9.95. The van der Waals surface area contributed by atoms with Crippen molar-refractivity contribution >= 4 is 23.5 Å². The topological polar surface area (TPSA) is 62.6 Å². The van der Waals surface area contributed by atoms with Gasteiger partial charge in [-0.05, 0) is 18.2 Å². The van der Waals surface area contributed by atoms with Crippen molar-refractivity contribution in [2.24, 2.45) is 0 Å². The van der Waals surface area contributed by atoms with E-state index in [4.69, 9.17) is 14.8 Å². The molecule has 0 saturated heterocycles. The van der Waals surface area contributed by atoms with Crippen molar-refractivity contribution < 1.29 is 14.8 Å². The molecule has 0 aliphatic carbocycles. The Hall–Kier alpha value is -1.59. The molecule has 1 heterocycles. The summed E-state index contributed by atoms with van der Waals surface area (Å²) in [5.74, 6) is 0.454. The van der Waals surface area contributed by atoms with Crippen molar-refractivity contribution in [3.63, 3.8) is 0 Å². The number of pyridine rings is 1. The molecular formula is C10H10BNO3. The van der Waals surface area contributed by atoms with Crippen molar-refractivity contribution in [3.8, 4) is 5.75 Å². The summed E-state index contributed by atoms with van der Waals surface area (Å²) in [5.41, 5.74) is 1.11. The molecule has 0 atom stereocenters. The highest BCUT2D eigenvalue weighted by molar-refractivity contribution is 6.60. The third-order valence-corrected chi connectivity index (χ3v) is 2.25. The molecule has 0 saturated carbocycles. The van der Waals surface area contributed by atoms with E-state index < -0.39 is 7.12 Å². The second-order valence-electron chi connectivity index (χ2n) is 3.13. The zero-order chi connectivity index (χ0) is 10.8. The third kappa shape index (κ3) is 1.67. The van der Waals surface area contributed by atoms with Crippen LogP contribution in [0, 0.1) is 0 Å². The SMILES string of the molecule is COc1c(B(O)O)ccc2ncccc12. The normalized spacial score (nSPS) is 10.3. The molecule has 0 bridgehead atoms. The zero-order valence-electron chi connectivity index (χ0n) is 8.21. The summed E-state index contributed by atoms with van der Waals surface area (Å²) >= 11 is 0. The molecular weight excluding hydrogens is 193 g/mol. The fourth-order valence-corrected chi connectivity index (χ4v) is 1.57. The number of aromatic nitrogens is 1. The quantitative estimate of drug-likeness (QED) is 0.670. The fraction of sp³-hybridized carbons (Fsp3) is 0.100. The van der Waals surface area contributed by atoms with Crippen LogP contribution in [0.4, 0.5) is 0 Å². The highest BCUT2D eigenvalue weighted by atomic mass is 16.5. The maximum absolute atomic E-state index is 9.15. The molecule has 2 N–H and O–H groups in total. The van der Waals surface area contributed by atoms with Gasteiger partial charge in [0.2, 0.25) is 0 Å². The van der Waals surface area contributed by atoms with Gasteiger partial charge < -0.3 is 14.8 Å². The van der Waals surface area contributed by atoms with Crippen molar-refractivity contribution in [1.82, 2.24) is 4.98 Å². The lowest BCUT2D eigenvalue weighted by atomic mass is 9.79. The van der Waals surface area contributed by atoms with E-state index in [1.165, 1.54) is 7.11 Å². The van der Waals surface area contributed by atoms with E-state index in [2.05, 4.69) is 4.98 Å². The van der Waals surface area contributed by atoms with Gasteiger partial charge in [0, 0.05) is 17.0 Å². The monoisotopic (exact) mass is 203 g/mol. The summed E-state index contributed by atoms with van der Waals surface area (Å²) in [6.45, 7) is 0. The highest BCUT2D eigenvalue weighted by Gasteiger charge is 2.18. The summed E-state index contributed by atoms with van der Waals surface area (Å²) in [6, 6.07) is 6.93. The van der Waals surface area contributed by atoms with Gasteiger partial charge in [0.25, 0.3) is 0 Å². The molecule has 5 heteroatoms. The van der Waals surface area contributed by atoms with E-state index in [9.17, 15) is 0 Å². The molecule has 76 valence electrons. The molecule has 0 aliphatic heterocycles. The standard InChI is InChI=1S/C10H10BNO3/c1-15-10-7-3-2-6-12-9(7)5-4-8(10)11(13)14/h2-6,13-14H,1H3. The van der Waals surface area contributed by atoms with E-state index in [1.54, 1.807) is 24.4 Å². The lowest BCUT2D eigenvalue weighted by molar-refractivity contribution is 0.406. The van der Waals surface area contributed by atoms with Crippen molar-refractivity contribution in [1.29, 1.82) is 0 Å². The van der Waals surface area contributed by atoms with E-state index in [0.717, 1.165) is 10.9 Å². The molecule has 0 amide bonds. The predicted octanol–water partition coefficient (Wildman–Crippen LogP) is -0.0768. The number of nitrogens with zero attached hydrogens (tertiary/aromatic N) is 1. The average molecular weight is 203 g/mol. The van der Waals surface area contributed by atoms with Crippen LogP contribution in [-0.4, -0.2) is 29.3 Å². The van der Waals surface area contributed by atoms with Crippen LogP contribution in [0.1, 0.15) is 0 Å². The summed E-state index contributed by atoms with van der Waals surface area (Å²) in [6.07, 6.45) is 1.68. The molecule has 2 rings (SSSR count). The Balaban J connectivity index is 2.75. The molecule has 0 fully saturated rings. The molecule has 0 aliphatic rings. The zero-order valence-corrected chi connectivity index (χ0v) is 8.21. The van der Waals surface area contributed by atoms with Crippen LogP contribution >= 0.6 is 0 Å². The maximum Gasteiger partial charge on any atom is 0.492 e. The van der Waals surface area contributed by atoms with Crippen LogP contribution in [0.25, 0.3) is 10.9 Å².